The third-order valence-corrected chi connectivity index (χ3v) is 0.788. The van der Waals surface area contributed by atoms with E-state index >= 15 is 0 Å². The first-order chi connectivity index (χ1) is 4.34. The summed E-state index contributed by atoms with van der Waals surface area (Å²) >= 11 is 0. The van der Waals surface area contributed by atoms with E-state index in [1.807, 2.05) is 0 Å². The maximum atomic E-state index is 8.09. The van der Waals surface area contributed by atoms with Crippen LogP contribution < -0.4 is 5.32 Å². The van der Waals surface area contributed by atoms with Crippen molar-refractivity contribution in [3.63, 3.8) is 0 Å². The zero-order chi connectivity index (χ0) is 6.69. The van der Waals surface area contributed by atoms with Crippen LogP contribution in [0.5, 0.6) is 0 Å². The van der Waals surface area contributed by atoms with Gasteiger partial charge in [0.1, 0.15) is 0 Å². The van der Waals surface area contributed by atoms with Crippen molar-refractivity contribution in [2.45, 2.75) is 0 Å². The lowest BCUT2D eigenvalue weighted by Crippen LogP contribution is -1.98. The van der Waals surface area contributed by atoms with E-state index in [0.29, 0.717) is 5.95 Å². The Kier molecular flexibility index (Phi) is 1.27. The summed E-state index contributed by atoms with van der Waals surface area (Å²) < 4.78 is 1.36. The molecule has 46 valence electrons. The number of tetrazole rings is 1. The fourth-order valence-electron chi connectivity index (χ4n) is 0.385. The molecule has 0 atom stereocenters. The number of hydrogen-bond acceptors (Lipinski definition) is 5. The number of hydrogen-bond donors (Lipinski definition) is 1. The minimum absolute atomic E-state index is 0.345. The number of nitrogens with one attached hydrogen (secondary N) is 1. The van der Waals surface area contributed by atoms with Crippen molar-refractivity contribution in [1.82, 2.24) is 20.2 Å². The van der Waals surface area contributed by atoms with E-state index in [-0.39, 0.29) is 0 Å². The number of aromatic nitrogens is 4. The van der Waals surface area contributed by atoms with E-state index in [9.17, 15) is 0 Å². The number of aryl methyl sites for hydroxylation is 1. The van der Waals surface area contributed by atoms with Crippen LogP contribution in [0, 0.1) is 11.5 Å². The van der Waals surface area contributed by atoms with E-state index in [4.69, 9.17) is 5.26 Å². The summed E-state index contributed by atoms with van der Waals surface area (Å²) in [7, 11) is 1.64. The van der Waals surface area contributed by atoms with Gasteiger partial charge >= 0.3 is 0 Å². The number of nitrogens with zero attached hydrogens (tertiary/aromatic N) is 5. The highest BCUT2D eigenvalue weighted by atomic mass is 15.6. The Morgan fingerprint density at radius 3 is 3.00 bits per heavy atom. The summed E-state index contributed by atoms with van der Waals surface area (Å²) in [6.45, 7) is 0. The molecule has 1 heterocycles. The van der Waals surface area contributed by atoms with Gasteiger partial charge in [-0.2, -0.15) is 5.26 Å². The Morgan fingerprint density at radius 1 is 1.78 bits per heavy atom. The molecule has 0 saturated heterocycles. The van der Waals surface area contributed by atoms with E-state index < -0.39 is 0 Å². The smallest absolute Gasteiger partial charge is 0.255 e. The first-order valence-electron chi connectivity index (χ1n) is 2.22. The lowest BCUT2D eigenvalue weighted by Gasteiger charge is -1.88. The number of nitriles is 1. The average molecular weight is 124 g/mol. The normalized spacial score (nSPS) is 8.44. The molecule has 1 N–H and O–H groups in total. The van der Waals surface area contributed by atoms with Crippen molar-refractivity contribution in [2.24, 2.45) is 7.05 Å². The SMILES string of the molecule is Cn1nnnc1NC#N. The van der Waals surface area contributed by atoms with Gasteiger partial charge in [-0.15, -0.1) is 0 Å². The zero-order valence-corrected chi connectivity index (χ0v) is 4.74. The summed E-state index contributed by atoms with van der Waals surface area (Å²) in [6.07, 6.45) is 1.70. The molecule has 0 aromatic carbocycles. The molecule has 0 unspecified atom stereocenters. The maximum Gasteiger partial charge on any atom is 0.255 e. The molecule has 0 aliphatic heterocycles. The molecule has 0 aliphatic carbocycles. The molecule has 0 fully saturated rings. The maximum absolute atomic E-state index is 8.09. The second-order valence-electron chi connectivity index (χ2n) is 1.36. The lowest BCUT2D eigenvalue weighted by molar-refractivity contribution is 0.715. The van der Waals surface area contributed by atoms with Crippen molar-refractivity contribution in [3.05, 3.63) is 0 Å². The lowest BCUT2D eigenvalue weighted by atomic mass is 10.9. The largest absolute Gasteiger partial charge is 0.260 e. The molecular formula is C3H4N6. The van der Waals surface area contributed by atoms with Gasteiger partial charge in [0.05, 0.1) is 0 Å². The van der Waals surface area contributed by atoms with Crippen LogP contribution in [-0.4, -0.2) is 20.2 Å². The molecule has 6 heteroatoms. The van der Waals surface area contributed by atoms with Gasteiger partial charge in [-0.3, -0.25) is 5.32 Å². The average Bonchev–Trinajstić information content (AvgIpc) is 2.18. The Bertz CT molecular complexity index is 231. The Balaban J connectivity index is 2.84. The van der Waals surface area contributed by atoms with Crippen LogP contribution in [0.4, 0.5) is 5.95 Å². The predicted molar refractivity (Wildman–Crippen MR) is 28.0 cm³/mol. The molecule has 1 aromatic rings. The molecule has 0 spiro atoms. The molecule has 0 radical (unpaired) electrons. The van der Waals surface area contributed by atoms with E-state index in [1.54, 1.807) is 13.2 Å². The first-order valence-corrected chi connectivity index (χ1v) is 2.22. The molecule has 9 heavy (non-hydrogen) atoms. The van der Waals surface area contributed by atoms with Crippen LogP contribution >= 0.6 is 0 Å². The zero-order valence-electron chi connectivity index (χ0n) is 4.74. The van der Waals surface area contributed by atoms with Crippen molar-refractivity contribution < 1.29 is 0 Å². The summed E-state index contributed by atoms with van der Waals surface area (Å²) in [5, 5.41) is 20.6. The van der Waals surface area contributed by atoms with Crippen molar-refractivity contribution >= 4 is 5.95 Å². The third-order valence-electron chi connectivity index (χ3n) is 0.788. The molecular weight excluding hydrogens is 120 g/mol. The second-order valence-corrected chi connectivity index (χ2v) is 1.36. The first kappa shape index (κ1) is 5.50. The van der Waals surface area contributed by atoms with E-state index in [2.05, 4.69) is 20.8 Å². The van der Waals surface area contributed by atoms with Gasteiger partial charge in [0.2, 0.25) is 0 Å². The highest BCUT2D eigenvalue weighted by molar-refractivity contribution is 5.26. The molecule has 0 aliphatic rings. The van der Waals surface area contributed by atoms with Gasteiger partial charge in [-0.25, -0.2) is 4.68 Å². The van der Waals surface area contributed by atoms with Crippen LogP contribution in [0.25, 0.3) is 0 Å². The summed E-state index contributed by atoms with van der Waals surface area (Å²) in [4.78, 5) is 0. The Labute approximate surface area is 51.1 Å². The predicted octanol–water partition coefficient (Wildman–Crippen LogP) is -0.897. The van der Waals surface area contributed by atoms with Gasteiger partial charge in [-0.05, 0) is 10.4 Å². The second kappa shape index (κ2) is 2.09. The van der Waals surface area contributed by atoms with Crippen molar-refractivity contribution in [3.8, 4) is 6.19 Å². The minimum atomic E-state index is 0.345. The Hall–Kier alpha value is -1.64. The van der Waals surface area contributed by atoms with Crippen LogP contribution in [0.15, 0.2) is 0 Å². The van der Waals surface area contributed by atoms with E-state index in [0.717, 1.165) is 0 Å². The van der Waals surface area contributed by atoms with Gasteiger partial charge in [0.25, 0.3) is 5.95 Å². The van der Waals surface area contributed by atoms with Crippen molar-refractivity contribution in [2.75, 3.05) is 5.32 Å². The van der Waals surface area contributed by atoms with Crippen LogP contribution in [0.3, 0.4) is 0 Å². The third kappa shape index (κ3) is 0.937. The number of rotatable bonds is 1. The molecule has 0 bridgehead atoms. The van der Waals surface area contributed by atoms with Crippen LogP contribution in [0.1, 0.15) is 0 Å². The fraction of sp³-hybridized carbons (Fsp3) is 0.333. The van der Waals surface area contributed by atoms with Gasteiger partial charge in [0.15, 0.2) is 6.19 Å². The van der Waals surface area contributed by atoms with Crippen molar-refractivity contribution in [1.29, 1.82) is 5.26 Å². The summed E-state index contributed by atoms with van der Waals surface area (Å²) in [5.41, 5.74) is 0. The van der Waals surface area contributed by atoms with Gasteiger partial charge in [0, 0.05) is 7.05 Å². The summed E-state index contributed by atoms with van der Waals surface area (Å²) in [6, 6.07) is 0. The highest BCUT2D eigenvalue weighted by Crippen LogP contribution is 1.91. The molecule has 6 nitrogen and oxygen atoms in total. The topological polar surface area (TPSA) is 79.4 Å². The van der Waals surface area contributed by atoms with Crippen LogP contribution in [0.2, 0.25) is 0 Å². The molecule has 0 saturated carbocycles. The highest BCUT2D eigenvalue weighted by Gasteiger charge is 1.96. The van der Waals surface area contributed by atoms with Gasteiger partial charge < -0.3 is 0 Å². The van der Waals surface area contributed by atoms with Crippen LogP contribution in [-0.2, 0) is 7.05 Å². The minimum Gasteiger partial charge on any atom is -0.260 e. The number of anilines is 1. The standard InChI is InChI=1S/C3H4N6/c1-9-3(5-2-4)6-7-8-9/h1H3,(H,5,6,8). The Morgan fingerprint density at radius 2 is 2.56 bits per heavy atom. The molecule has 1 rings (SSSR count). The molecule has 1 aromatic heterocycles. The van der Waals surface area contributed by atoms with E-state index in [1.165, 1.54) is 4.68 Å². The van der Waals surface area contributed by atoms with Gasteiger partial charge in [-0.1, -0.05) is 5.10 Å². The fourth-order valence-corrected chi connectivity index (χ4v) is 0.385. The summed E-state index contributed by atoms with van der Waals surface area (Å²) in [5.74, 6) is 0.345. The quantitative estimate of drug-likeness (QED) is 0.387. The molecule has 0 amide bonds. The monoisotopic (exact) mass is 124 g/mol.